The van der Waals surface area contributed by atoms with Crippen molar-refractivity contribution in [1.29, 1.82) is 0 Å². The Labute approximate surface area is 143 Å². The number of hydrogen-bond donors (Lipinski definition) is 1. The number of rotatable bonds is 4. The van der Waals surface area contributed by atoms with Crippen LogP contribution in [-0.2, 0) is 0 Å². The van der Waals surface area contributed by atoms with Crippen LogP contribution in [0.25, 0.3) is 0 Å². The van der Waals surface area contributed by atoms with Gasteiger partial charge in [0.1, 0.15) is 17.2 Å². The number of fused-ring (bicyclic) bond motifs is 1. The lowest BCUT2D eigenvalue weighted by Crippen LogP contribution is -2.21. The lowest BCUT2D eigenvalue weighted by molar-refractivity contribution is 0.0985. The molecule has 24 heavy (non-hydrogen) atoms. The van der Waals surface area contributed by atoms with Gasteiger partial charge >= 0.3 is 0 Å². The van der Waals surface area contributed by atoms with E-state index >= 15 is 0 Å². The van der Waals surface area contributed by atoms with Crippen LogP contribution < -0.4 is 14.8 Å². The number of carbonyl (C=O) groups excluding carboxylic acids is 2. The minimum absolute atomic E-state index is 0.143. The molecule has 6 heteroatoms. The monoisotopic (exact) mass is 343 g/mol. The Kier molecular flexibility index (Phi) is 4.27. The second-order valence-corrected chi connectivity index (χ2v) is 5.52. The van der Waals surface area contributed by atoms with Crippen molar-refractivity contribution in [1.82, 2.24) is 0 Å². The largest absolute Gasteiger partial charge is 0.497 e. The molecule has 3 rings (SSSR count). The molecule has 0 radical (unpaired) electrons. The van der Waals surface area contributed by atoms with Gasteiger partial charge in [0.15, 0.2) is 5.78 Å². The average molecular weight is 344 g/mol. The fourth-order valence-electron chi connectivity index (χ4n) is 2.50. The van der Waals surface area contributed by atoms with Gasteiger partial charge in [0.25, 0.3) is 0 Å². The minimum Gasteiger partial charge on any atom is -0.497 e. The maximum absolute atomic E-state index is 12.6. The van der Waals surface area contributed by atoms with Gasteiger partial charge in [-0.2, -0.15) is 0 Å². The molecule has 1 aliphatic rings. The topological polar surface area (TPSA) is 64.6 Å². The Morgan fingerprint density at radius 2 is 1.71 bits per heavy atom. The third-order valence-corrected chi connectivity index (χ3v) is 4.00. The van der Waals surface area contributed by atoms with E-state index in [1.54, 1.807) is 36.4 Å². The van der Waals surface area contributed by atoms with Crippen LogP contribution in [0.4, 0.5) is 5.69 Å². The van der Waals surface area contributed by atoms with Crippen molar-refractivity contribution >= 4 is 28.9 Å². The van der Waals surface area contributed by atoms with Crippen molar-refractivity contribution in [2.24, 2.45) is 0 Å². The van der Waals surface area contributed by atoms with E-state index in [0.717, 1.165) is 0 Å². The first kappa shape index (κ1) is 16.1. The van der Waals surface area contributed by atoms with Gasteiger partial charge in [-0.1, -0.05) is 35.9 Å². The van der Waals surface area contributed by atoms with E-state index in [2.05, 4.69) is 5.32 Å². The molecular formula is C18H14ClNO4. The Morgan fingerprint density at radius 3 is 2.38 bits per heavy atom. The molecule has 0 aromatic heterocycles. The fraction of sp³-hybridized carbons (Fsp3) is 0.111. The van der Waals surface area contributed by atoms with Crippen LogP contribution in [0.5, 0.6) is 11.5 Å². The van der Waals surface area contributed by atoms with E-state index in [1.807, 2.05) is 0 Å². The van der Waals surface area contributed by atoms with E-state index in [9.17, 15) is 9.59 Å². The van der Waals surface area contributed by atoms with Crippen LogP contribution in [-0.4, -0.2) is 25.8 Å². The highest BCUT2D eigenvalue weighted by atomic mass is 35.5. The Balaban J connectivity index is 2.01. The average Bonchev–Trinajstić information content (AvgIpc) is 2.60. The van der Waals surface area contributed by atoms with Crippen LogP contribution in [0, 0.1) is 0 Å². The van der Waals surface area contributed by atoms with Crippen LogP contribution >= 0.6 is 11.6 Å². The molecule has 122 valence electrons. The molecule has 0 spiro atoms. The highest BCUT2D eigenvalue weighted by Gasteiger charge is 2.26. The summed E-state index contributed by atoms with van der Waals surface area (Å²) in [5.41, 5.74) is 1.28. The van der Waals surface area contributed by atoms with Crippen molar-refractivity contribution in [3.8, 4) is 11.5 Å². The molecule has 0 aliphatic heterocycles. The first-order valence-corrected chi connectivity index (χ1v) is 7.51. The zero-order valence-electron chi connectivity index (χ0n) is 13.1. The summed E-state index contributed by atoms with van der Waals surface area (Å²) >= 11 is 6.25. The SMILES string of the molecule is COc1cc(Cl)c(NC2=CC(=O)c3ccccc3C2=O)c(OC)c1. The standard InChI is InChI=1S/C18H14ClNO4/c1-23-10-7-13(19)17(16(8-10)24-2)20-14-9-15(21)11-5-3-4-6-12(11)18(14)22/h3-9,20H,1-2H3. The summed E-state index contributed by atoms with van der Waals surface area (Å²) in [6.07, 6.45) is 1.27. The van der Waals surface area contributed by atoms with Crippen molar-refractivity contribution in [2.45, 2.75) is 0 Å². The number of nitrogens with one attached hydrogen (secondary N) is 1. The summed E-state index contributed by atoms with van der Waals surface area (Å²) in [6, 6.07) is 9.92. The van der Waals surface area contributed by atoms with Crippen molar-refractivity contribution in [3.05, 3.63) is 64.3 Å². The number of carbonyl (C=O) groups is 2. The molecule has 2 aromatic carbocycles. The predicted molar refractivity (Wildman–Crippen MR) is 91.4 cm³/mol. The Morgan fingerprint density at radius 1 is 1.00 bits per heavy atom. The summed E-state index contributed by atoms with van der Waals surface area (Å²) in [5.74, 6) is 0.405. The normalized spacial score (nSPS) is 13.2. The van der Waals surface area contributed by atoms with Crippen molar-refractivity contribution in [2.75, 3.05) is 19.5 Å². The van der Waals surface area contributed by atoms with Gasteiger partial charge < -0.3 is 14.8 Å². The molecule has 0 heterocycles. The second kappa shape index (κ2) is 6.37. The Hall–Kier alpha value is -2.79. The minimum atomic E-state index is -0.279. The van der Waals surface area contributed by atoms with Crippen LogP contribution in [0.3, 0.4) is 0 Å². The molecule has 0 bridgehead atoms. The molecule has 0 saturated heterocycles. The predicted octanol–water partition coefficient (Wildman–Crippen LogP) is 3.73. The smallest absolute Gasteiger partial charge is 0.210 e. The number of benzene rings is 2. The number of anilines is 1. The van der Waals surface area contributed by atoms with Crippen molar-refractivity contribution < 1.29 is 19.1 Å². The first-order chi connectivity index (χ1) is 11.5. The summed E-state index contributed by atoms with van der Waals surface area (Å²) < 4.78 is 10.4. The third kappa shape index (κ3) is 2.74. The van der Waals surface area contributed by atoms with Gasteiger partial charge in [-0.3, -0.25) is 9.59 Å². The van der Waals surface area contributed by atoms with Gasteiger partial charge in [-0.15, -0.1) is 0 Å². The van der Waals surface area contributed by atoms with Crippen LogP contribution in [0.2, 0.25) is 5.02 Å². The van der Waals surface area contributed by atoms with E-state index in [0.29, 0.717) is 33.3 Å². The lowest BCUT2D eigenvalue weighted by atomic mass is 9.92. The maximum atomic E-state index is 12.6. The maximum Gasteiger partial charge on any atom is 0.210 e. The number of Topliss-reactive ketones (excluding diaryl/α,β-unsaturated/α-hetero) is 1. The second-order valence-electron chi connectivity index (χ2n) is 5.11. The molecule has 5 nitrogen and oxygen atoms in total. The number of hydrogen-bond acceptors (Lipinski definition) is 5. The highest BCUT2D eigenvalue weighted by Crippen LogP contribution is 2.38. The fourth-order valence-corrected chi connectivity index (χ4v) is 2.75. The summed E-state index contributed by atoms with van der Waals surface area (Å²) in [7, 11) is 2.99. The molecule has 2 aromatic rings. The van der Waals surface area contributed by atoms with Gasteiger partial charge in [-0.05, 0) is 0 Å². The van der Waals surface area contributed by atoms with E-state index in [-0.39, 0.29) is 17.3 Å². The third-order valence-electron chi connectivity index (χ3n) is 3.70. The van der Waals surface area contributed by atoms with E-state index in [1.165, 1.54) is 20.3 Å². The molecular weight excluding hydrogens is 330 g/mol. The molecule has 0 atom stereocenters. The molecule has 1 N–H and O–H groups in total. The van der Waals surface area contributed by atoms with E-state index < -0.39 is 0 Å². The molecule has 0 unspecified atom stereocenters. The first-order valence-electron chi connectivity index (χ1n) is 7.13. The van der Waals surface area contributed by atoms with E-state index in [4.69, 9.17) is 21.1 Å². The zero-order chi connectivity index (χ0) is 17.3. The molecule has 0 saturated carbocycles. The number of halogens is 1. The Bertz CT molecular complexity index is 873. The summed E-state index contributed by atoms with van der Waals surface area (Å²) in [4.78, 5) is 24.8. The van der Waals surface area contributed by atoms with Gasteiger partial charge in [0, 0.05) is 29.3 Å². The number of allylic oxidation sites excluding steroid dienone is 2. The molecule has 1 aliphatic carbocycles. The van der Waals surface area contributed by atoms with Gasteiger partial charge in [0.05, 0.1) is 24.9 Å². The van der Waals surface area contributed by atoms with Gasteiger partial charge in [-0.25, -0.2) is 0 Å². The van der Waals surface area contributed by atoms with Crippen molar-refractivity contribution in [3.63, 3.8) is 0 Å². The number of methoxy groups -OCH3 is 2. The zero-order valence-corrected chi connectivity index (χ0v) is 13.8. The number of ketones is 2. The molecule has 0 fully saturated rings. The number of ether oxygens (including phenoxy) is 2. The van der Waals surface area contributed by atoms with Crippen LogP contribution in [0.1, 0.15) is 20.7 Å². The van der Waals surface area contributed by atoms with Gasteiger partial charge in [0.2, 0.25) is 5.78 Å². The lowest BCUT2D eigenvalue weighted by Gasteiger charge is -2.19. The highest BCUT2D eigenvalue weighted by molar-refractivity contribution is 6.34. The van der Waals surface area contributed by atoms with Crippen LogP contribution in [0.15, 0.2) is 48.2 Å². The summed E-state index contributed by atoms with van der Waals surface area (Å²) in [6.45, 7) is 0. The quantitative estimate of drug-likeness (QED) is 0.916. The molecule has 0 amide bonds. The summed E-state index contributed by atoms with van der Waals surface area (Å²) in [5, 5.41) is 3.23.